The Morgan fingerprint density at radius 2 is 1.29 bits per heavy atom. The van der Waals surface area contributed by atoms with Crippen molar-refractivity contribution in [3.05, 3.63) is 132 Å². The molecule has 1 unspecified atom stereocenters. The maximum Gasteiger partial charge on any atom is 0.121 e. The Bertz CT molecular complexity index is 1150. The first-order valence-electron chi connectivity index (χ1n) is 12.0. The second-order valence-corrected chi connectivity index (χ2v) is 8.82. The van der Waals surface area contributed by atoms with Gasteiger partial charge in [-0.1, -0.05) is 122 Å². The van der Waals surface area contributed by atoms with Gasteiger partial charge in [-0.3, -0.25) is 4.90 Å². The highest BCUT2D eigenvalue weighted by molar-refractivity contribution is 5.67. The molecule has 4 aromatic carbocycles. The lowest BCUT2D eigenvalue weighted by atomic mass is 9.80. The monoisotopic (exact) mass is 451 g/mol. The van der Waals surface area contributed by atoms with Gasteiger partial charge in [-0.2, -0.15) is 0 Å². The van der Waals surface area contributed by atoms with Gasteiger partial charge in [0.15, 0.2) is 0 Å². The van der Waals surface area contributed by atoms with Crippen LogP contribution in [0.5, 0.6) is 0 Å². The first-order chi connectivity index (χ1) is 16.6. The summed E-state index contributed by atoms with van der Waals surface area (Å²) in [5, 5.41) is 23.6. The molecule has 0 bridgehead atoms. The molecular formula is C31H33NO2. The van der Waals surface area contributed by atoms with Crippen LogP contribution in [0.25, 0.3) is 11.1 Å². The first kappa shape index (κ1) is 23.9. The predicted molar refractivity (Wildman–Crippen MR) is 139 cm³/mol. The molecule has 0 amide bonds. The van der Waals surface area contributed by atoms with Crippen LogP contribution in [0.3, 0.4) is 0 Å². The van der Waals surface area contributed by atoms with Crippen molar-refractivity contribution in [2.45, 2.75) is 31.6 Å². The Hall–Kier alpha value is -3.24. The largest absolute Gasteiger partial charge is 0.388 e. The molecule has 0 fully saturated rings. The Kier molecular flexibility index (Phi) is 7.91. The summed E-state index contributed by atoms with van der Waals surface area (Å²) in [6.45, 7) is 3.95. The lowest BCUT2D eigenvalue weighted by Crippen LogP contribution is -2.48. The summed E-state index contributed by atoms with van der Waals surface area (Å²) in [6.07, 6.45) is -0.658. The topological polar surface area (TPSA) is 43.7 Å². The highest BCUT2D eigenvalue weighted by Crippen LogP contribution is 2.34. The van der Waals surface area contributed by atoms with Crippen LogP contribution in [0.2, 0.25) is 0 Å². The molecule has 0 aliphatic rings. The molecule has 2 atom stereocenters. The van der Waals surface area contributed by atoms with Crippen molar-refractivity contribution in [2.24, 2.45) is 0 Å². The predicted octanol–water partition coefficient (Wildman–Crippen LogP) is 5.67. The second kappa shape index (κ2) is 11.3. The average molecular weight is 452 g/mol. The van der Waals surface area contributed by atoms with Gasteiger partial charge in [-0.25, -0.2) is 0 Å². The number of nitrogens with zero attached hydrogens (tertiary/aromatic N) is 1. The van der Waals surface area contributed by atoms with Gasteiger partial charge in [0, 0.05) is 19.5 Å². The number of likely N-dealkylation sites (N-methyl/N-ethyl adjacent to an activating group) is 1. The van der Waals surface area contributed by atoms with Crippen LogP contribution < -0.4 is 0 Å². The summed E-state index contributed by atoms with van der Waals surface area (Å²) in [6, 6.07) is 38.2. The van der Waals surface area contributed by atoms with Crippen LogP contribution in [-0.4, -0.2) is 34.3 Å². The molecule has 0 heterocycles. The first-order valence-corrected chi connectivity index (χ1v) is 12.0. The molecule has 0 aromatic heterocycles. The number of hydrogen-bond donors (Lipinski definition) is 2. The standard InChI is InChI=1S/C31H33NO2/c1-2-32(23-25-14-6-3-7-15-25)24-30(33)31(34,28-19-10-5-11-20-28)22-27-18-12-13-21-29(27)26-16-8-4-9-17-26/h3-21,30,33-34H,2,22-24H2,1H3/t30-,31?/m0/s1. The van der Waals surface area contributed by atoms with Gasteiger partial charge in [0.25, 0.3) is 0 Å². The van der Waals surface area contributed by atoms with E-state index in [4.69, 9.17) is 0 Å². The highest BCUT2D eigenvalue weighted by Gasteiger charge is 2.39. The van der Waals surface area contributed by atoms with Crippen LogP contribution in [0.15, 0.2) is 115 Å². The SMILES string of the molecule is CCN(Cc1ccccc1)C[C@H](O)C(O)(Cc1ccccc1-c1ccccc1)c1ccccc1. The maximum absolute atomic E-state index is 12.1. The molecule has 2 N–H and O–H groups in total. The highest BCUT2D eigenvalue weighted by atomic mass is 16.3. The third kappa shape index (κ3) is 5.63. The third-order valence-corrected chi connectivity index (χ3v) is 6.51. The van der Waals surface area contributed by atoms with E-state index in [0.29, 0.717) is 13.0 Å². The zero-order valence-electron chi connectivity index (χ0n) is 19.7. The molecule has 4 aromatic rings. The van der Waals surface area contributed by atoms with E-state index >= 15 is 0 Å². The summed E-state index contributed by atoms with van der Waals surface area (Å²) >= 11 is 0. The molecule has 3 heteroatoms. The van der Waals surface area contributed by atoms with Crippen molar-refractivity contribution in [1.29, 1.82) is 0 Å². The van der Waals surface area contributed by atoms with Gasteiger partial charge < -0.3 is 10.2 Å². The van der Waals surface area contributed by atoms with E-state index in [1.807, 2.05) is 84.9 Å². The number of benzene rings is 4. The van der Waals surface area contributed by atoms with E-state index in [2.05, 4.69) is 42.2 Å². The smallest absolute Gasteiger partial charge is 0.121 e. The molecule has 0 spiro atoms. The molecule has 174 valence electrons. The van der Waals surface area contributed by atoms with Crippen molar-refractivity contribution in [3.8, 4) is 11.1 Å². The van der Waals surface area contributed by atoms with Crippen molar-refractivity contribution in [2.75, 3.05) is 13.1 Å². The quantitative estimate of drug-likeness (QED) is 0.327. The lowest BCUT2D eigenvalue weighted by molar-refractivity contribution is -0.0921. The molecule has 34 heavy (non-hydrogen) atoms. The van der Waals surface area contributed by atoms with E-state index in [9.17, 15) is 10.2 Å². The fourth-order valence-electron chi connectivity index (χ4n) is 4.55. The molecule has 0 saturated heterocycles. The summed E-state index contributed by atoms with van der Waals surface area (Å²) in [4.78, 5) is 2.18. The second-order valence-electron chi connectivity index (χ2n) is 8.82. The number of aliphatic hydroxyl groups excluding tert-OH is 1. The Morgan fingerprint density at radius 1 is 0.735 bits per heavy atom. The maximum atomic E-state index is 12.1. The molecule has 0 saturated carbocycles. The van der Waals surface area contributed by atoms with Gasteiger partial charge in [0.1, 0.15) is 5.60 Å². The van der Waals surface area contributed by atoms with Crippen LogP contribution >= 0.6 is 0 Å². The molecule has 0 aliphatic carbocycles. The van der Waals surface area contributed by atoms with E-state index < -0.39 is 11.7 Å². The van der Waals surface area contributed by atoms with E-state index in [0.717, 1.165) is 35.3 Å². The molecule has 0 aliphatic heterocycles. The van der Waals surface area contributed by atoms with Gasteiger partial charge in [-0.15, -0.1) is 0 Å². The van der Waals surface area contributed by atoms with Gasteiger partial charge in [0.05, 0.1) is 6.10 Å². The fraction of sp³-hybridized carbons (Fsp3) is 0.226. The summed E-state index contributed by atoms with van der Waals surface area (Å²) < 4.78 is 0. The molecule has 4 rings (SSSR count). The summed E-state index contributed by atoms with van der Waals surface area (Å²) in [7, 11) is 0. The van der Waals surface area contributed by atoms with Crippen LogP contribution in [0, 0.1) is 0 Å². The van der Waals surface area contributed by atoms with Crippen LogP contribution in [0.1, 0.15) is 23.6 Å². The normalized spacial score (nSPS) is 14.0. The van der Waals surface area contributed by atoms with Gasteiger partial charge in [0.2, 0.25) is 0 Å². The summed E-state index contributed by atoms with van der Waals surface area (Å²) in [5.74, 6) is 0. The van der Waals surface area contributed by atoms with Gasteiger partial charge in [-0.05, 0) is 34.4 Å². The van der Waals surface area contributed by atoms with E-state index in [-0.39, 0.29) is 0 Å². The number of aliphatic hydroxyl groups is 2. The minimum Gasteiger partial charge on any atom is -0.388 e. The van der Waals surface area contributed by atoms with E-state index in [1.54, 1.807) is 0 Å². The third-order valence-electron chi connectivity index (χ3n) is 6.51. The number of hydrogen-bond acceptors (Lipinski definition) is 3. The van der Waals surface area contributed by atoms with Crippen molar-refractivity contribution in [3.63, 3.8) is 0 Å². The number of rotatable bonds is 10. The van der Waals surface area contributed by atoms with Crippen molar-refractivity contribution >= 4 is 0 Å². The summed E-state index contributed by atoms with van der Waals surface area (Å²) in [5.41, 5.74) is 3.65. The Morgan fingerprint density at radius 3 is 1.94 bits per heavy atom. The fourth-order valence-corrected chi connectivity index (χ4v) is 4.55. The molecule has 0 radical (unpaired) electrons. The molecular weight excluding hydrogens is 418 g/mol. The minimum absolute atomic E-state index is 0.312. The van der Waals surface area contributed by atoms with Crippen LogP contribution in [0.4, 0.5) is 0 Å². The lowest BCUT2D eigenvalue weighted by Gasteiger charge is -2.37. The Balaban J connectivity index is 1.65. The van der Waals surface area contributed by atoms with Crippen molar-refractivity contribution in [1.82, 2.24) is 4.90 Å². The average Bonchev–Trinajstić information content (AvgIpc) is 2.90. The zero-order valence-corrected chi connectivity index (χ0v) is 19.7. The zero-order chi connectivity index (χ0) is 23.8. The van der Waals surface area contributed by atoms with Crippen molar-refractivity contribution < 1.29 is 10.2 Å². The van der Waals surface area contributed by atoms with Gasteiger partial charge >= 0.3 is 0 Å². The minimum atomic E-state index is -1.43. The molecule has 3 nitrogen and oxygen atoms in total. The van der Waals surface area contributed by atoms with Crippen LogP contribution in [-0.2, 0) is 18.6 Å². The Labute approximate surface area is 203 Å². The van der Waals surface area contributed by atoms with E-state index in [1.165, 1.54) is 5.56 Å².